The van der Waals surface area contributed by atoms with Gasteiger partial charge in [-0.1, -0.05) is 49.1 Å². The van der Waals surface area contributed by atoms with Crippen molar-refractivity contribution in [1.29, 1.82) is 0 Å². The summed E-state index contributed by atoms with van der Waals surface area (Å²) in [5.74, 6) is -0.616. The molecule has 28 heavy (non-hydrogen) atoms. The summed E-state index contributed by atoms with van der Waals surface area (Å²) in [6.45, 7) is 3.56. The minimum Gasteiger partial charge on any atom is -0.458 e. The molecule has 7 nitrogen and oxygen atoms in total. The lowest BCUT2D eigenvalue weighted by Crippen LogP contribution is -2.17. The number of fused-ring (bicyclic) bond motifs is 1. The number of anilines is 1. The predicted octanol–water partition coefficient (Wildman–Crippen LogP) is 3.72. The normalized spacial score (nSPS) is 10.3. The molecule has 1 heterocycles. The molecule has 0 unspecified atom stereocenters. The van der Waals surface area contributed by atoms with E-state index in [1.54, 1.807) is 48.5 Å². The molecule has 0 saturated carbocycles. The second kappa shape index (κ2) is 8.22. The van der Waals surface area contributed by atoms with Gasteiger partial charge in [-0.2, -0.15) is 0 Å². The summed E-state index contributed by atoms with van der Waals surface area (Å²) in [4.78, 5) is 39.9. The minimum absolute atomic E-state index is 0.0216. The first-order valence-corrected chi connectivity index (χ1v) is 8.44. The Morgan fingerprint density at radius 3 is 2.50 bits per heavy atom. The highest BCUT2D eigenvalue weighted by Crippen LogP contribution is 2.32. The van der Waals surface area contributed by atoms with Crippen molar-refractivity contribution in [3.63, 3.8) is 0 Å². The molecule has 0 radical (unpaired) electrons. The number of pyridine rings is 1. The number of hydrogen-bond acceptors (Lipinski definition) is 5. The van der Waals surface area contributed by atoms with Crippen molar-refractivity contribution in [1.82, 2.24) is 4.98 Å². The van der Waals surface area contributed by atoms with Crippen molar-refractivity contribution in [2.45, 2.75) is 0 Å². The van der Waals surface area contributed by atoms with Crippen LogP contribution in [0, 0.1) is 0 Å². The third-order valence-corrected chi connectivity index (χ3v) is 4.08. The Kier molecular flexibility index (Phi) is 5.55. The van der Waals surface area contributed by atoms with Crippen LogP contribution >= 0.6 is 0 Å². The summed E-state index contributed by atoms with van der Waals surface area (Å²) >= 11 is 0. The first-order chi connectivity index (χ1) is 13.6. The molecular formula is C21H18N2O5. The fourth-order valence-corrected chi connectivity index (χ4v) is 2.87. The molecule has 3 rings (SSSR count). The zero-order chi connectivity index (χ0) is 20.1. The number of methoxy groups -OCH3 is 1. The number of amides is 1. The molecule has 0 aliphatic heterocycles. The number of nitrogens with one attached hydrogen (secondary N) is 2. The van der Waals surface area contributed by atoms with Crippen molar-refractivity contribution in [2.24, 2.45) is 0 Å². The van der Waals surface area contributed by atoms with Crippen LogP contribution < -0.4 is 10.9 Å². The van der Waals surface area contributed by atoms with Crippen molar-refractivity contribution in [3.8, 4) is 11.3 Å². The summed E-state index contributed by atoms with van der Waals surface area (Å²) in [7, 11) is 1.24. The molecule has 3 aromatic rings. The van der Waals surface area contributed by atoms with Crippen molar-refractivity contribution >= 4 is 28.5 Å². The first-order valence-electron chi connectivity index (χ1n) is 8.44. The van der Waals surface area contributed by atoms with Crippen LogP contribution in [0.15, 0.2) is 66.0 Å². The quantitative estimate of drug-likeness (QED) is 0.521. The smallest absolute Gasteiger partial charge is 0.411 e. The van der Waals surface area contributed by atoms with Gasteiger partial charge in [0.1, 0.15) is 6.61 Å². The highest BCUT2D eigenvalue weighted by molar-refractivity contribution is 6.10. The van der Waals surface area contributed by atoms with Crippen LogP contribution in [-0.2, 0) is 9.47 Å². The van der Waals surface area contributed by atoms with Crippen LogP contribution in [0.2, 0.25) is 0 Å². The lowest BCUT2D eigenvalue weighted by molar-refractivity contribution is 0.0552. The van der Waals surface area contributed by atoms with Gasteiger partial charge in [-0.15, -0.1) is 0 Å². The van der Waals surface area contributed by atoms with Gasteiger partial charge in [-0.3, -0.25) is 10.1 Å². The van der Waals surface area contributed by atoms with E-state index in [-0.39, 0.29) is 23.4 Å². The number of H-pyrrole nitrogens is 1. The maximum Gasteiger partial charge on any atom is 0.411 e. The van der Waals surface area contributed by atoms with Crippen LogP contribution in [0.5, 0.6) is 0 Å². The van der Waals surface area contributed by atoms with E-state index in [1.165, 1.54) is 13.2 Å². The molecule has 7 heteroatoms. The monoisotopic (exact) mass is 378 g/mol. The van der Waals surface area contributed by atoms with Gasteiger partial charge in [-0.05, 0) is 12.1 Å². The molecule has 1 aromatic heterocycles. The Balaban J connectivity index is 2.30. The van der Waals surface area contributed by atoms with Gasteiger partial charge in [0.05, 0.1) is 24.1 Å². The zero-order valence-corrected chi connectivity index (χ0v) is 15.2. The third kappa shape index (κ3) is 3.64. The number of carbonyl (C=O) groups is 2. The predicted molar refractivity (Wildman–Crippen MR) is 107 cm³/mol. The second-order valence-corrected chi connectivity index (χ2v) is 5.80. The number of benzene rings is 2. The van der Waals surface area contributed by atoms with Crippen molar-refractivity contribution < 1.29 is 19.1 Å². The Hall–Kier alpha value is -3.87. The fourth-order valence-electron chi connectivity index (χ4n) is 2.87. The van der Waals surface area contributed by atoms with Gasteiger partial charge in [0.2, 0.25) is 0 Å². The molecule has 0 saturated heterocycles. The van der Waals surface area contributed by atoms with Crippen molar-refractivity contribution in [2.75, 3.05) is 19.0 Å². The highest BCUT2D eigenvalue weighted by Gasteiger charge is 2.22. The van der Waals surface area contributed by atoms with Gasteiger partial charge < -0.3 is 14.5 Å². The van der Waals surface area contributed by atoms with E-state index in [9.17, 15) is 14.4 Å². The van der Waals surface area contributed by atoms with Crippen LogP contribution in [0.1, 0.15) is 10.4 Å². The van der Waals surface area contributed by atoms with E-state index in [1.807, 2.05) is 0 Å². The van der Waals surface area contributed by atoms with Gasteiger partial charge in [-0.25, -0.2) is 9.59 Å². The number of carbonyl (C=O) groups excluding carboxylic acids is 2. The van der Waals surface area contributed by atoms with E-state index >= 15 is 0 Å². The molecule has 2 N–H and O–H groups in total. The van der Waals surface area contributed by atoms with Crippen molar-refractivity contribution in [3.05, 3.63) is 77.1 Å². The first kappa shape index (κ1) is 18.9. The van der Waals surface area contributed by atoms with Gasteiger partial charge in [0.25, 0.3) is 5.56 Å². The minimum atomic E-state index is -0.675. The topological polar surface area (TPSA) is 97.5 Å². The van der Waals surface area contributed by atoms with E-state index < -0.39 is 12.1 Å². The van der Waals surface area contributed by atoms with Crippen LogP contribution in [0.25, 0.3) is 22.0 Å². The van der Waals surface area contributed by atoms with E-state index in [0.29, 0.717) is 22.0 Å². The standard InChI is InChI=1S/C21H18N2O5/c1-3-12-28-20(25)17-13-8-4-5-9-14(13)19(24)23-18(17)15-10-6-7-11-16(15)22-21(26)27-2/h3-11H,1,12H2,2H3,(H,22,26)(H,23,24). The number of esters is 1. The summed E-state index contributed by atoms with van der Waals surface area (Å²) in [5.41, 5.74) is 0.888. The fraction of sp³-hybridized carbons (Fsp3) is 0.0952. The molecule has 142 valence electrons. The number of aromatic amines is 1. The molecule has 1 amide bonds. The van der Waals surface area contributed by atoms with Gasteiger partial charge in [0.15, 0.2) is 0 Å². The molecule has 0 aliphatic carbocycles. The summed E-state index contributed by atoms with van der Waals surface area (Å²) in [5, 5.41) is 3.39. The average molecular weight is 378 g/mol. The average Bonchev–Trinajstić information content (AvgIpc) is 2.72. The van der Waals surface area contributed by atoms with E-state index in [4.69, 9.17) is 4.74 Å². The number of aromatic nitrogens is 1. The molecule has 0 spiro atoms. The summed E-state index contributed by atoms with van der Waals surface area (Å²) in [6.07, 6.45) is 0.782. The Labute approximate surface area is 160 Å². The Bertz CT molecular complexity index is 1120. The number of hydrogen-bond donors (Lipinski definition) is 2. The third-order valence-electron chi connectivity index (χ3n) is 4.08. The lowest BCUT2D eigenvalue weighted by atomic mass is 9.98. The van der Waals surface area contributed by atoms with Crippen LogP contribution in [-0.4, -0.2) is 30.8 Å². The number of ether oxygens (including phenoxy) is 2. The summed E-state index contributed by atoms with van der Waals surface area (Å²) < 4.78 is 9.88. The molecular weight excluding hydrogens is 360 g/mol. The Morgan fingerprint density at radius 2 is 1.79 bits per heavy atom. The zero-order valence-electron chi connectivity index (χ0n) is 15.2. The molecule has 0 bridgehead atoms. The van der Waals surface area contributed by atoms with Crippen LogP contribution in [0.3, 0.4) is 0 Å². The number of para-hydroxylation sites is 1. The summed E-state index contributed by atoms with van der Waals surface area (Å²) in [6, 6.07) is 13.5. The molecule has 0 atom stereocenters. The molecule has 2 aromatic carbocycles. The number of rotatable bonds is 5. The highest BCUT2D eigenvalue weighted by atomic mass is 16.5. The van der Waals surface area contributed by atoms with E-state index in [0.717, 1.165) is 0 Å². The second-order valence-electron chi connectivity index (χ2n) is 5.80. The lowest BCUT2D eigenvalue weighted by Gasteiger charge is -2.15. The largest absolute Gasteiger partial charge is 0.458 e. The van der Waals surface area contributed by atoms with Gasteiger partial charge in [0, 0.05) is 16.3 Å². The maximum atomic E-state index is 12.8. The molecule has 0 aliphatic rings. The van der Waals surface area contributed by atoms with E-state index in [2.05, 4.69) is 21.6 Å². The van der Waals surface area contributed by atoms with Gasteiger partial charge >= 0.3 is 12.1 Å². The maximum absolute atomic E-state index is 12.8. The molecule has 0 fully saturated rings. The Morgan fingerprint density at radius 1 is 1.11 bits per heavy atom. The van der Waals surface area contributed by atoms with Crippen LogP contribution in [0.4, 0.5) is 10.5 Å². The SMILES string of the molecule is C=CCOC(=O)c1c(-c2ccccc2NC(=O)OC)[nH]c(=O)c2ccccc12.